The molecular weight excluding hydrogens is 304 g/mol. The lowest BCUT2D eigenvalue weighted by Gasteiger charge is -2.19. The summed E-state index contributed by atoms with van der Waals surface area (Å²) in [5.74, 6) is 0.0301. The quantitative estimate of drug-likeness (QED) is 0.698. The Hall–Kier alpha value is -2.39. The molecule has 23 heavy (non-hydrogen) atoms. The van der Waals surface area contributed by atoms with E-state index in [1.807, 2.05) is 91.0 Å². The normalized spacial score (nSPS) is 11.5. The molecule has 0 amide bonds. The topological polar surface area (TPSA) is 34.1 Å². The van der Waals surface area contributed by atoms with Gasteiger partial charge < -0.3 is 0 Å². The molecule has 3 aromatic rings. The van der Waals surface area contributed by atoms with E-state index < -0.39 is 15.1 Å². The first-order valence-corrected chi connectivity index (χ1v) is 9.24. The van der Waals surface area contributed by atoms with Gasteiger partial charge in [0.15, 0.2) is 9.84 Å². The zero-order valence-corrected chi connectivity index (χ0v) is 13.5. The van der Waals surface area contributed by atoms with Crippen LogP contribution in [0.4, 0.5) is 0 Å². The summed E-state index contributed by atoms with van der Waals surface area (Å²) in [6.45, 7) is 0. The van der Waals surface area contributed by atoms with Crippen LogP contribution in [-0.2, 0) is 15.6 Å². The second-order valence-electron chi connectivity index (χ2n) is 5.49. The molecule has 116 valence electrons. The molecule has 0 aromatic heterocycles. The van der Waals surface area contributed by atoms with E-state index in [0.717, 1.165) is 16.7 Å². The van der Waals surface area contributed by atoms with Gasteiger partial charge in [0.2, 0.25) is 0 Å². The smallest absolute Gasteiger partial charge is 0.165 e. The molecule has 0 bridgehead atoms. The molecule has 0 saturated carbocycles. The lowest BCUT2D eigenvalue weighted by atomic mass is 10.0. The van der Waals surface area contributed by atoms with Gasteiger partial charge in [-0.25, -0.2) is 8.42 Å². The van der Waals surface area contributed by atoms with Gasteiger partial charge in [-0.1, -0.05) is 91.0 Å². The van der Waals surface area contributed by atoms with Gasteiger partial charge in [0.1, 0.15) is 5.25 Å². The van der Waals surface area contributed by atoms with Crippen LogP contribution in [0.25, 0.3) is 0 Å². The molecule has 3 aromatic carbocycles. The Labute approximate surface area is 137 Å². The molecule has 2 nitrogen and oxygen atoms in total. The molecule has 0 radical (unpaired) electrons. The molecule has 0 unspecified atom stereocenters. The highest BCUT2D eigenvalue weighted by Crippen LogP contribution is 2.32. The number of hydrogen-bond acceptors (Lipinski definition) is 2. The highest BCUT2D eigenvalue weighted by Gasteiger charge is 2.28. The fraction of sp³-hybridized carbons (Fsp3) is 0.100. The third kappa shape index (κ3) is 3.69. The van der Waals surface area contributed by atoms with Gasteiger partial charge in [-0.15, -0.1) is 0 Å². The Morgan fingerprint density at radius 1 is 0.609 bits per heavy atom. The zero-order valence-electron chi connectivity index (χ0n) is 12.7. The standard InChI is InChI=1S/C20H18O2S/c21-23(22,16-17-10-4-1-5-11-17)20(18-12-6-2-7-13-18)19-14-8-3-9-15-19/h1-15,20H,16H2. The highest BCUT2D eigenvalue weighted by atomic mass is 32.2. The predicted molar refractivity (Wildman–Crippen MR) is 93.8 cm³/mol. The van der Waals surface area contributed by atoms with Crippen molar-refractivity contribution >= 4 is 9.84 Å². The van der Waals surface area contributed by atoms with Crippen molar-refractivity contribution in [2.24, 2.45) is 0 Å². The molecule has 0 aliphatic carbocycles. The molecule has 3 heteroatoms. The SMILES string of the molecule is O=S(=O)(Cc1ccccc1)C(c1ccccc1)c1ccccc1. The second kappa shape index (κ2) is 6.80. The average Bonchev–Trinajstić information content (AvgIpc) is 2.57. The lowest BCUT2D eigenvalue weighted by Crippen LogP contribution is -2.17. The molecule has 0 spiro atoms. The average molecular weight is 322 g/mol. The largest absolute Gasteiger partial charge is 0.228 e. The fourth-order valence-electron chi connectivity index (χ4n) is 2.75. The van der Waals surface area contributed by atoms with Crippen molar-refractivity contribution in [2.75, 3.05) is 0 Å². The predicted octanol–water partition coefficient (Wildman–Crippen LogP) is 4.39. The number of benzene rings is 3. The summed E-state index contributed by atoms with van der Waals surface area (Å²) in [5, 5.41) is -0.648. The van der Waals surface area contributed by atoms with E-state index in [2.05, 4.69) is 0 Å². The highest BCUT2D eigenvalue weighted by molar-refractivity contribution is 7.91. The van der Waals surface area contributed by atoms with E-state index in [-0.39, 0.29) is 5.75 Å². The van der Waals surface area contributed by atoms with Crippen molar-refractivity contribution < 1.29 is 8.42 Å². The molecule has 0 N–H and O–H groups in total. The third-order valence-corrected chi connectivity index (χ3v) is 5.77. The van der Waals surface area contributed by atoms with Crippen LogP contribution in [0, 0.1) is 0 Å². The van der Waals surface area contributed by atoms with E-state index in [1.54, 1.807) is 0 Å². The number of hydrogen-bond donors (Lipinski definition) is 0. The maximum absolute atomic E-state index is 13.1. The fourth-order valence-corrected chi connectivity index (χ4v) is 4.72. The van der Waals surface area contributed by atoms with Gasteiger partial charge in [0, 0.05) is 0 Å². The van der Waals surface area contributed by atoms with E-state index in [4.69, 9.17) is 0 Å². The van der Waals surface area contributed by atoms with Crippen LogP contribution in [0.2, 0.25) is 0 Å². The Morgan fingerprint density at radius 3 is 1.43 bits per heavy atom. The first-order chi connectivity index (χ1) is 11.2. The summed E-state index contributed by atoms with van der Waals surface area (Å²) < 4.78 is 26.2. The van der Waals surface area contributed by atoms with Crippen molar-refractivity contribution in [3.8, 4) is 0 Å². The number of rotatable bonds is 5. The summed E-state index contributed by atoms with van der Waals surface area (Å²) in [7, 11) is -3.38. The summed E-state index contributed by atoms with van der Waals surface area (Å²) in [6, 6.07) is 28.1. The van der Waals surface area contributed by atoms with Crippen molar-refractivity contribution in [3.05, 3.63) is 108 Å². The summed E-state index contributed by atoms with van der Waals surface area (Å²) in [6.07, 6.45) is 0. The van der Waals surface area contributed by atoms with Crippen LogP contribution in [-0.4, -0.2) is 8.42 Å². The lowest BCUT2D eigenvalue weighted by molar-refractivity contribution is 0.588. The Bertz CT molecular complexity index is 802. The Kier molecular flexibility index (Phi) is 4.58. The van der Waals surface area contributed by atoms with E-state index in [0.29, 0.717) is 0 Å². The van der Waals surface area contributed by atoms with Gasteiger partial charge in [0.25, 0.3) is 0 Å². The van der Waals surface area contributed by atoms with Crippen molar-refractivity contribution in [3.63, 3.8) is 0 Å². The Balaban J connectivity index is 2.05. The molecule has 0 aliphatic heterocycles. The minimum absolute atomic E-state index is 0.0301. The molecule has 3 rings (SSSR count). The molecular formula is C20H18O2S. The van der Waals surface area contributed by atoms with E-state index >= 15 is 0 Å². The van der Waals surface area contributed by atoms with Crippen LogP contribution in [0.1, 0.15) is 21.9 Å². The maximum atomic E-state index is 13.1. The monoisotopic (exact) mass is 322 g/mol. The molecule has 0 saturated heterocycles. The van der Waals surface area contributed by atoms with Crippen molar-refractivity contribution in [1.29, 1.82) is 0 Å². The molecule has 0 atom stereocenters. The van der Waals surface area contributed by atoms with Gasteiger partial charge >= 0.3 is 0 Å². The van der Waals surface area contributed by atoms with E-state index in [9.17, 15) is 8.42 Å². The summed E-state index contributed by atoms with van der Waals surface area (Å²) in [5.41, 5.74) is 2.41. The van der Waals surface area contributed by atoms with Crippen LogP contribution in [0.5, 0.6) is 0 Å². The van der Waals surface area contributed by atoms with Crippen molar-refractivity contribution in [2.45, 2.75) is 11.0 Å². The summed E-state index contributed by atoms with van der Waals surface area (Å²) >= 11 is 0. The second-order valence-corrected chi connectivity index (χ2v) is 7.58. The van der Waals surface area contributed by atoms with Crippen LogP contribution in [0.15, 0.2) is 91.0 Å². The number of sulfone groups is 1. The van der Waals surface area contributed by atoms with Gasteiger partial charge in [-0.2, -0.15) is 0 Å². The first kappa shape index (κ1) is 15.5. The van der Waals surface area contributed by atoms with Gasteiger partial charge in [-0.05, 0) is 16.7 Å². The first-order valence-electron chi connectivity index (χ1n) is 7.52. The van der Waals surface area contributed by atoms with Crippen molar-refractivity contribution in [1.82, 2.24) is 0 Å². The minimum Gasteiger partial charge on any atom is -0.228 e. The molecule has 0 heterocycles. The zero-order chi connectivity index (χ0) is 16.1. The Morgan fingerprint density at radius 2 is 1.00 bits per heavy atom. The maximum Gasteiger partial charge on any atom is 0.165 e. The summed E-state index contributed by atoms with van der Waals surface area (Å²) in [4.78, 5) is 0. The van der Waals surface area contributed by atoms with Gasteiger partial charge in [0.05, 0.1) is 5.75 Å². The van der Waals surface area contributed by atoms with Gasteiger partial charge in [-0.3, -0.25) is 0 Å². The third-order valence-electron chi connectivity index (χ3n) is 3.77. The van der Waals surface area contributed by atoms with Crippen LogP contribution in [0.3, 0.4) is 0 Å². The van der Waals surface area contributed by atoms with Crippen LogP contribution < -0.4 is 0 Å². The minimum atomic E-state index is -3.38. The molecule has 0 aliphatic rings. The van der Waals surface area contributed by atoms with Crippen LogP contribution >= 0.6 is 0 Å². The van der Waals surface area contributed by atoms with E-state index in [1.165, 1.54) is 0 Å². The molecule has 0 fully saturated rings.